The molecular weight excluding hydrogens is 707 g/mol. The van der Waals surface area contributed by atoms with Gasteiger partial charge in [-0.1, -0.05) is 146 Å². The van der Waals surface area contributed by atoms with E-state index >= 15 is 0 Å². The molecule has 9 aromatic carbocycles. The van der Waals surface area contributed by atoms with Crippen molar-refractivity contribution in [3.8, 4) is 11.1 Å². The number of hydrogen-bond donors (Lipinski definition) is 1. The van der Waals surface area contributed by atoms with Crippen molar-refractivity contribution >= 4 is 65.9 Å². The average Bonchev–Trinajstić information content (AvgIpc) is 3.59. The maximum atomic E-state index is 6.76. The maximum absolute atomic E-state index is 6.76. The fraction of sp³-hybridized carbons (Fsp3) is 0.0741. The zero-order valence-electron chi connectivity index (χ0n) is 31.7. The number of nitrogens with one attached hydrogen (secondary N) is 1. The highest BCUT2D eigenvalue weighted by Gasteiger charge is 2.29. The molecule has 0 fully saturated rings. The first kappa shape index (κ1) is 32.9. The number of hydrogen-bond acceptors (Lipinski definition) is 4. The van der Waals surface area contributed by atoms with Crippen LogP contribution in [0.3, 0.4) is 0 Å². The Morgan fingerprint density at radius 3 is 2.00 bits per heavy atom. The quantitative estimate of drug-likeness (QED) is 0.195. The molecule has 58 heavy (non-hydrogen) atoms. The van der Waals surface area contributed by atoms with E-state index in [9.17, 15) is 0 Å². The topological polar surface area (TPSA) is 49.9 Å². The third kappa shape index (κ3) is 5.44. The van der Waals surface area contributed by atoms with E-state index in [4.69, 9.17) is 14.4 Å². The Hall–Kier alpha value is -7.30. The van der Waals surface area contributed by atoms with Crippen LogP contribution >= 0.6 is 0 Å². The van der Waals surface area contributed by atoms with Gasteiger partial charge in [-0.2, -0.15) is 0 Å². The summed E-state index contributed by atoms with van der Waals surface area (Å²) >= 11 is 0. The van der Waals surface area contributed by atoms with Gasteiger partial charge in [-0.25, -0.2) is 9.98 Å². The Bertz CT molecular complexity index is 3350. The molecule has 1 N–H and O–H groups in total. The Morgan fingerprint density at radius 1 is 0.500 bits per heavy atom. The van der Waals surface area contributed by atoms with Crippen molar-refractivity contribution in [2.75, 3.05) is 0 Å². The van der Waals surface area contributed by atoms with Gasteiger partial charge in [0.25, 0.3) is 0 Å². The van der Waals surface area contributed by atoms with Crippen LogP contribution in [-0.2, 0) is 6.42 Å². The maximum Gasteiger partial charge on any atom is 0.159 e. The average molecular weight is 744 g/mol. The third-order valence-corrected chi connectivity index (χ3v) is 12.3. The number of para-hydroxylation sites is 1. The van der Waals surface area contributed by atoms with Gasteiger partial charge in [0.1, 0.15) is 23.2 Å². The number of nitrogens with zero attached hydrogens (tertiary/aromatic N) is 2. The zero-order valence-corrected chi connectivity index (χ0v) is 31.7. The Balaban J connectivity index is 1.06. The van der Waals surface area contributed by atoms with Gasteiger partial charge in [0.05, 0.1) is 0 Å². The summed E-state index contributed by atoms with van der Waals surface area (Å²) in [5.41, 5.74) is 11.4. The van der Waals surface area contributed by atoms with Crippen molar-refractivity contribution in [3.05, 3.63) is 215 Å². The van der Waals surface area contributed by atoms with E-state index in [1.165, 1.54) is 60.1 Å². The summed E-state index contributed by atoms with van der Waals surface area (Å²) in [6, 6.07) is 65.6. The first-order valence-electron chi connectivity index (χ1n) is 20.2. The van der Waals surface area contributed by atoms with Gasteiger partial charge in [0.15, 0.2) is 5.84 Å². The van der Waals surface area contributed by atoms with E-state index in [1.54, 1.807) is 0 Å². The summed E-state index contributed by atoms with van der Waals surface area (Å²) in [6.45, 7) is 0. The van der Waals surface area contributed by atoms with Gasteiger partial charge in [0, 0.05) is 27.8 Å². The summed E-state index contributed by atoms with van der Waals surface area (Å²) in [5.74, 6) is 1.59. The summed E-state index contributed by atoms with van der Waals surface area (Å²) < 4.78 is 6.76. The minimum absolute atomic E-state index is 0.115. The van der Waals surface area contributed by atoms with Gasteiger partial charge < -0.3 is 9.73 Å². The van der Waals surface area contributed by atoms with Crippen LogP contribution in [0.4, 0.5) is 0 Å². The second-order valence-corrected chi connectivity index (χ2v) is 15.7. The standard InChI is InChI=1S/C54H37N3O/c1-3-13-35-28-40(23-21-33(35)11-1)52-55-53(41-24-22-34-12-2-4-14-36(34)29-41)57-54(56-52)42-31-48(51-46-19-9-10-20-49(46)58-50(51)32-42)45-26-25-39-27-37-15-5-6-16-38(37)30-47(39)44-18-8-7-17-43(44)45/h1-24,27-32,45,52H,25-26H2,(H,55,56,57). The summed E-state index contributed by atoms with van der Waals surface area (Å²) in [6.07, 6.45) is 1.57. The molecule has 0 bridgehead atoms. The molecule has 1 aliphatic heterocycles. The first-order valence-corrected chi connectivity index (χ1v) is 20.2. The lowest BCUT2D eigenvalue weighted by atomic mass is 9.83. The van der Waals surface area contributed by atoms with E-state index in [2.05, 4.69) is 187 Å². The minimum Gasteiger partial charge on any atom is -0.456 e. The van der Waals surface area contributed by atoms with Crippen molar-refractivity contribution in [1.82, 2.24) is 5.32 Å². The fourth-order valence-corrected chi connectivity index (χ4v) is 9.47. The lowest BCUT2D eigenvalue weighted by Crippen LogP contribution is -2.33. The van der Waals surface area contributed by atoms with Crippen LogP contribution in [0.15, 0.2) is 196 Å². The lowest BCUT2D eigenvalue weighted by molar-refractivity contribution is 0.665. The van der Waals surface area contributed by atoms with E-state index < -0.39 is 0 Å². The van der Waals surface area contributed by atoms with E-state index in [1.807, 2.05) is 0 Å². The molecule has 2 unspecified atom stereocenters. The van der Waals surface area contributed by atoms with E-state index in [-0.39, 0.29) is 12.1 Å². The Labute approximate surface area is 335 Å². The highest BCUT2D eigenvalue weighted by Crippen LogP contribution is 2.46. The van der Waals surface area contributed by atoms with Crippen molar-refractivity contribution < 1.29 is 4.42 Å². The fourth-order valence-electron chi connectivity index (χ4n) is 9.47. The molecule has 10 aromatic rings. The molecule has 12 rings (SSSR count). The lowest BCUT2D eigenvalue weighted by Gasteiger charge is -2.25. The minimum atomic E-state index is -0.351. The summed E-state index contributed by atoms with van der Waals surface area (Å²) in [4.78, 5) is 10.7. The van der Waals surface area contributed by atoms with Gasteiger partial charge in [-0.05, 0) is 115 Å². The van der Waals surface area contributed by atoms with Crippen LogP contribution in [0, 0.1) is 0 Å². The number of aryl methyl sites for hydroxylation is 1. The van der Waals surface area contributed by atoms with Crippen LogP contribution in [-0.4, -0.2) is 11.7 Å². The molecule has 0 saturated carbocycles. The molecular formula is C54H37N3O. The van der Waals surface area contributed by atoms with Crippen molar-refractivity contribution in [1.29, 1.82) is 0 Å². The molecule has 2 aliphatic rings. The highest BCUT2D eigenvalue weighted by molar-refractivity contribution is 6.16. The molecule has 274 valence electrons. The van der Waals surface area contributed by atoms with Crippen molar-refractivity contribution in [2.45, 2.75) is 24.9 Å². The molecule has 4 heteroatoms. The number of furan rings is 1. The van der Waals surface area contributed by atoms with Crippen LogP contribution in [0.2, 0.25) is 0 Å². The van der Waals surface area contributed by atoms with Crippen LogP contribution in [0.5, 0.6) is 0 Å². The first-order chi connectivity index (χ1) is 28.7. The number of aliphatic imine (C=N–C) groups is 2. The molecule has 4 nitrogen and oxygen atoms in total. The number of amidine groups is 2. The number of benzene rings is 9. The van der Waals surface area contributed by atoms with Gasteiger partial charge in [-0.15, -0.1) is 0 Å². The smallest absolute Gasteiger partial charge is 0.159 e. The van der Waals surface area contributed by atoms with E-state index in [0.29, 0.717) is 5.84 Å². The molecule has 2 atom stereocenters. The zero-order chi connectivity index (χ0) is 38.2. The number of rotatable bonds is 4. The van der Waals surface area contributed by atoms with Gasteiger partial charge in [0.2, 0.25) is 0 Å². The van der Waals surface area contributed by atoms with Crippen LogP contribution < -0.4 is 5.32 Å². The molecule has 1 aliphatic carbocycles. The SMILES string of the molecule is c1ccc2c(c1)-c1cc3ccccc3cc1CCC2c1cc(C2=NC(c3ccc4ccccc4c3)=NC(c3ccc4ccccc4c3)N2)cc2oc3ccccc3c12. The highest BCUT2D eigenvalue weighted by atomic mass is 16.3. The summed E-state index contributed by atoms with van der Waals surface area (Å²) in [7, 11) is 0. The van der Waals surface area contributed by atoms with Crippen molar-refractivity contribution in [3.63, 3.8) is 0 Å². The van der Waals surface area contributed by atoms with Crippen LogP contribution in [0.25, 0.3) is 65.4 Å². The molecule has 0 radical (unpaired) electrons. The second-order valence-electron chi connectivity index (χ2n) is 15.7. The normalized spacial score (nSPS) is 16.5. The monoisotopic (exact) mass is 743 g/mol. The Morgan fingerprint density at radius 2 is 1.17 bits per heavy atom. The van der Waals surface area contributed by atoms with Gasteiger partial charge >= 0.3 is 0 Å². The molecule has 0 amide bonds. The third-order valence-electron chi connectivity index (χ3n) is 12.3. The second kappa shape index (κ2) is 13.1. The molecule has 0 spiro atoms. The predicted molar refractivity (Wildman–Crippen MR) is 240 cm³/mol. The van der Waals surface area contributed by atoms with Gasteiger partial charge in [-0.3, -0.25) is 0 Å². The Kier molecular flexibility index (Phi) is 7.45. The molecule has 2 heterocycles. The molecule has 1 aromatic heterocycles. The summed E-state index contributed by atoms with van der Waals surface area (Å²) in [5, 5.41) is 13.4. The largest absolute Gasteiger partial charge is 0.456 e. The predicted octanol–water partition coefficient (Wildman–Crippen LogP) is 13.3. The van der Waals surface area contributed by atoms with Crippen LogP contribution in [0.1, 0.15) is 51.9 Å². The van der Waals surface area contributed by atoms with E-state index in [0.717, 1.165) is 57.3 Å². The van der Waals surface area contributed by atoms with Crippen molar-refractivity contribution in [2.24, 2.45) is 9.98 Å². The molecule has 0 saturated heterocycles. The number of fused-ring (bicyclic) bond motifs is 9.